The van der Waals surface area contributed by atoms with Crippen molar-refractivity contribution in [1.29, 1.82) is 0 Å². The molecular weight excluding hydrogens is 336 g/mol. The van der Waals surface area contributed by atoms with E-state index in [1.165, 1.54) is 12.4 Å². The van der Waals surface area contributed by atoms with E-state index in [1.807, 2.05) is 11.8 Å². The van der Waals surface area contributed by atoms with Crippen LogP contribution in [-0.4, -0.2) is 40.5 Å². The SMILES string of the molecule is CC1CN(c2ccnc(C(F)(F)F)c2)CCN1Cc1ccncc1F. The van der Waals surface area contributed by atoms with Gasteiger partial charge in [-0.05, 0) is 25.1 Å². The van der Waals surface area contributed by atoms with Crippen molar-refractivity contribution in [3.63, 3.8) is 0 Å². The summed E-state index contributed by atoms with van der Waals surface area (Å²) in [6, 6.07) is 4.38. The van der Waals surface area contributed by atoms with Crippen LogP contribution in [0.15, 0.2) is 36.8 Å². The number of halogens is 4. The Hall–Kier alpha value is -2.22. The van der Waals surface area contributed by atoms with Crippen LogP contribution in [0, 0.1) is 5.82 Å². The number of hydrogen-bond acceptors (Lipinski definition) is 4. The van der Waals surface area contributed by atoms with Crippen LogP contribution in [0.5, 0.6) is 0 Å². The lowest BCUT2D eigenvalue weighted by atomic mass is 10.1. The molecule has 1 aliphatic rings. The number of rotatable bonds is 3. The van der Waals surface area contributed by atoms with Gasteiger partial charge in [0.2, 0.25) is 0 Å². The Morgan fingerprint density at radius 3 is 2.68 bits per heavy atom. The van der Waals surface area contributed by atoms with Gasteiger partial charge in [-0.2, -0.15) is 13.2 Å². The highest BCUT2D eigenvalue weighted by Gasteiger charge is 2.33. The Balaban J connectivity index is 1.69. The molecule has 134 valence electrons. The number of nitrogens with zero attached hydrogens (tertiary/aromatic N) is 4. The van der Waals surface area contributed by atoms with Crippen LogP contribution in [0.3, 0.4) is 0 Å². The summed E-state index contributed by atoms with van der Waals surface area (Å²) in [5, 5.41) is 0. The van der Waals surface area contributed by atoms with Crippen molar-refractivity contribution in [2.24, 2.45) is 0 Å². The van der Waals surface area contributed by atoms with E-state index in [4.69, 9.17) is 0 Å². The van der Waals surface area contributed by atoms with Crippen LogP contribution in [-0.2, 0) is 12.7 Å². The Morgan fingerprint density at radius 1 is 1.20 bits per heavy atom. The summed E-state index contributed by atoms with van der Waals surface area (Å²) in [6.45, 7) is 4.20. The van der Waals surface area contributed by atoms with Crippen LogP contribution >= 0.6 is 0 Å². The molecule has 3 heterocycles. The lowest BCUT2D eigenvalue weighted by Gasteiger charge is -2.41. The molecule has 2 aromatic rings. The molecule has 0 aromatic carbocycles. The van der Waals surface area contributed by atoms with Gasteiger partial charge < -0.3 is 4.90 Å². The highest BCUT2D eigenvalue weighted by molar-refractivity contribution is 5.47. The molecule has 3 rings (SSSR count). The van der Waals surface area contributed by atoms with Crippen molar-refractivity contribution >= 4 is 5.69 Å². The lowest BCUT2D eigenvalue weighted by Crippen LogP contribution is -2.51. The van der Waals surface area contributed by atoms with Crippen LogP contribution in [0.25, 0.3) is 0 Å². The second kappa shape index (κ2) is 6.95. The quantitative estimate of drug-likeness (QED) is 0.792. The average molecular weight is 354 g/mol. The molecule has 1 fully saturated rings. The second-order valence-electron chi connectivity index (χ2n) is 6.13. The minimum Gasteiger partial charge on any atom is -0.369 e. The van der Waals surface area contributed by atoms with Gasteiger partial charge in [0.15, 0.2) is 0 Å². The molecule has 0 spiro atoms. The van der Waals surface area contributed by atoms with Gasteiger partial charge in [0.25, 0.3) is 0 Å². The predicted molar refractivity (Wildman–Crippen MR) is 85.5 cm³/mol. The molecule has 1 aliphatic heterocycles. The molecule has 0 bridgehead atoms. The van der Waals surface area contributed by atoms with Crippen molar-refractivity contribution in [2.45, 2.75) is 25.7 Å². The first-order valence-electron chi connectivity index (χ1n) is 7.95. The Morgan fingerprint density at radius 2 is 2.00 bits per heavy atom. The maximum atomic E-state index is 13.8. The van der Waals surface area contributed by atoms with E-state index < -0.39 is 11.9 Å². The summed E-state index contributed by atoms with van der Waals surface area (Å²) < 4.78 is 52.2. The van der Waals surface area contributed by atoms with Gasteiger partial charge in [-0.3, -0.25) is 14.9 Å². The molecule has 25 heavy (non-hydrogen) atoms. The lowest BCUT2D eigenvalue weighted by molar-refractivity contribution is -0.141. The Kier molecular flexibility index (Phi) is 4.89. The number of pyridine rings is 2. The fraction of sp³-hybridized carbons (Fsp3) is 0.412. The largest absolute Gasteiger partial charge is 0.433 e. The minimum atomic E-state index is -4.46. The van der Waals surface area contributed by atoms with Crippen LogP contribution < -0.4 is 4.90 Å². The van der Waals surface area contributed by atoms with Gasteiger partial charge in [0.05, 0.1) is 6.20 Å². The topological polar surface area (TPSA) is 32.3 Å². The summed E-state index contributed by atoms with van der Waals surface area (Å²) in [5.74, 6) is -0.346. The van der Waals surface area contributed by atoms with Crippen molar-refractivity contribution in [1.82, 2.24) is 14.9 Å². The molecule has 0 aliphatic carbocycles. The van der Waals surface area contributed by atoms with E-state index in [9.17, 15) is 17.6 Å². The van der Waals surface area contributed by atoms with Crippen molar-refractivity contribution < 1.29 is 17.6 Å². The van der Waals surface area contributed by atoms with Gasteiger partial charge in [-0.1, -0.05) is 0 Å². The molecule has 0 amide bonds. The third kappa shape index (κ3) is 4.07. The molecule has 0 radical (unpaired) electrons. The maximum Gasteiger partial charge on any atom is 0.433 e. The molecule has 4 nitrogen and oxygen atoms in total. The zero-order chi connectivity index (χ0) is 18.0. The second-order valence-corrected chi connectivity index (χ2v) is 6.13. The highest BCUT2D eigenvalue weighted by atomic mass is 19.4. The van der Waals surface area contributed by atoms with Crippen molar-refractivity contribution in [2.75, 3.05) is 24.5 Å². The fourth-order valence-corrected chi connectivity index (χ4v) is 2.99. The number of piperazine rings is 1. The van der Waals surface area contributed by atoms with Gasteiger partial charge in [-0.15, -0.1) is 0 Å². The fourth-order valence-electron chi connectivity index (χ4n) is 2.99. The maximum absolute atomic E-state index is 13.8. The molecule has 0 N–H and O–H groups in total. The van der Waals surface area contributed by atoms with Crippen LogP contribution in [0.2, 0.25) is 0 Å². The zero-order valence-electron chi connectivity index (χ0n) is 13.7. The van der Waals surface area contributed by atoms with E-state index in [0.29, 0.717) is 37.4 Å². The van der Waals surface area contributed by atoms with E-state index in [0.717, 1.165) is 6.07 Å². The normalized spacial score (nSPS) is 19.2. The molecule has 1 unspecified atom stereocenters. The summed E-state index contributed by atoms with van der Waals surface area (Å²) in [4.78, 5) is 11.1. The first-order chi connectivity index (χ1) is 11.8. The van der Waals surface area contributed by atoms with Crippen molar-refractivity contribution in [3.8, 4) is 0 Å². The van der Waals surface area contributed by atoms with Crippen molar-refractivity contribution in [3.05, 3.63) is 53.9 Å². The highest BCUT2D eigenvalue weighted by Crippen LogP contribution is 2.30. The number of aromatic nitrogens is 2. The van der Waals surface area contributed by atoms with Gasteiger partial charge in [-0.25, -0.2) is 4.39 Å². The average Bonchev–Trinajstić information content (AvgIpc) is 2.58. The predicted octanol–water partition coefficient (Wildman–Crippen LogP) is 3.35. The molecule has 1 atom stereocenters. The van der Waals surface area contributed by atoms with Crippen LogP contribution in [0.4, 0.5) is 23.2 Å². The third-order valence-corrected chi connectivity index (χ3v) is 4.39. The molecule has 2 aromatic heterocycles. The zero-order valence-corrected chi connectivity index (χ0v) is 13.7. The summed E-state index contributed by atoms with van der Waals surface area (Å²) in [7, 11) is 0. The van der Waals surface area contributed by atoms with E-state index in [1.54, 1.807) is 18.3 Å². The molecule has 1 saturated heterocycles. The Labute approximate surface area is 143 Å². The number of alkyl halides is 3. The Bertz CT molecular complexity index is 735. The van der Waals surface area contributed by atoms with Gasteiger partial charge >= 0.3 is 6.18 Å². The van der Waals surface area contributed by atoms with Gasteiger partial charge in [0.1, 0.15) is 11.5 Å². The summed E-state index contributed by atoms with van der Waals surface area (Å²) >= 11 is 0. The molecular formula is C17H18F4N4. The first-order valence-corrected chi connectivity index (χ1v) is 7.95. The van der Waals surface area contributed by atoms with Crippen LogP contribution in [0.1, 0.15) is 18.2 Å². The molecule has 8 heteroatoms. The number of anilines is 1. The smallest absolute Gasteiger partial charge is 0.369 e. The monoisotopic (exact) mass is 354 g/mol. The van der Waals surface area contributed by atoms with E-state index >= 15 is 0 Å². The summed E-state index contributed by atoms with van der Waals surface area (Å²) in [5.41, 5.74) is 0.182. The summed E-state index contributed by atoms with van der Waals surface area (Å²) in [6.07, 6.45) is -0.537. The number of hydrogen-bond donors (Lipinski definition) is 0. The molecule has 0 saturated carbocycles. The third-order valence-electron chi connectivity index (χ3n) is 4.39. The minimum absolute atomic E-state index is 0.0730. The van der Waals surface area contributed by atoms with E-state index in [2.05, 4.69) is 14.9 Å². The van der Waals surface area contributed by atoms with Gasteiger partial charge in [0, 0.05) is 55.9 Å². The standard InChI is InChI=1S/C17H18F4N4/c1-12-10-25(14-3-5-23-16(8-14)17(19,20)21)7-6-24(12)11-13-2-4-22-9-15(13)18/h2-5,8-9,12H,6-7,10-11H2,1H3. The first kappa shape index (κ1) is 17.6. The van der Waals surface area contributed by atoms with E-state index in [-0.39, 0.29) is 11.9 Å².